The topological polar surface area (TPSA) is 47.8 Å². The van der Waals surface area contributed by atoms with Gasteiger partial charge in [0.2, 0.25) is 0 Å². The van der Waals surface area contributed by atoms with Crippen molar-refractivity contribution < 1.29 is 4.79 Å². The van der Waals surface area contributed by atoms with Crippen LogP contribution in [0.25, 0.3) is 5.69 Å². The number of para-hydroxylation sites is 1. The quantitative estimate of drug-likeness (QED) is 0.417. The van der Waals surface area contributed by atoms with Gasteiger partial charge >= 0.3 is 0 Å². The van der Waals surface area contributed by atoms with Gasteiger partial charge in [-0.25, -0.2) is 0 Å². The molecule has 0 amide bonds. The van der Waals surface area contributed by atoms with Crippen LogP contribution in [0, 0.1) is 0 Å². The Labute approximate surface area is 164 Å². The van der Waals surface area contributed by atoms with Crippen molar-refractivity contribution in [3.05, 3.63) is 71.5 Å². The second-order valence-corrected chi connectivity index (χ2v) is 8.22. The summed E-state index contributed by atoms with van der Waals surface area (Å²) in [6.45, 7) is 4.31. The zero-order chi connectivity index (χ0) is 18.8. The minimum Gasteiger partial charge on any atom is -0.293 e. The van der Waals surface area contributed by atoms with E-state index in [2.05, 4.69) is 40.7 Å². The number of benzene rings is 2. The molecule has 1 aromatic heterocycles. The predicted molar refractivity (Wildman–Crippen MR) is 109 cm³/mol. The summed E-state index contributed by atoms with van der Waals surface area (Å²) in [4.78, 5) is 12.6. The van der Waals surface area contributed by atoms with Crippen LogP contribution < -0.4 is 0 Å². The molecule has 0 unspecified atom stereocenters. The van der Waals surface area contributed by atoms with Crippen molar-refractivity contribution in [2.75, 3.05) is 5.75 Å². The van der Waals surface area contributed by atoms with Gasteiger partial charge in [0.25, 0.3) is 0 Å². The normalized spacial score (nSPS) is 13.9. The van der Waals surface area contributed by atoms with Crippen LogP contribution in [0.2, 0.25) is 0 Å². The van der Waals surface area contributed by atoms with Crippen LogP contribution >= 0.6 is 11.8 Å². The summed E-state index contributed by atoms with van der Waals surface area (Å²) in [6, 6.07) is 18.1. The first-order chi connectivity index (χ1) is 13.1. The summed E-state index contributed by atoms with van der Waals surface area (Å²) < 4.78 is 2.11. The van der Waals surface area contributed by atoms with Gasteiger partial charge in [-0.1, -0.05) is 68.1 Å². The maximum absolute atomic E-state index is 12.6. The first kappa shape index (κ1) is 18.0. The third-order valence-corrected chi connectivity index (χ3v) is 5.78. The van der Waals surface area contributed by atoms with E-state index >= 15 is 0 Å². The number of hydrogen-bond acceptors (Lipinski definition) is 4. The lowest BCUT2D eigenvalue weighted by Gasteiger charge is -2.10. The monoisotopic (exact) mass is 377 g/mol. The van der Waals surface area contributed by atoms with Gasteiger partial charge in [-0.05, 0) is 36.5 Å². The van der Waals surface area contributed by atoms with Crippen molar-refractivity contribution in [3.63, 3.8) is 0 Å². The minimum absolute atomic E-state index is 0.117. The van der Waals surface area contributed by atoms with Gasteiger partial charge in [0.05, 0.1) is 5.75 Å². The van der Waals surface area contributed by atoms with Crippen molar-refractivity contribution >= 4 is 17.5 Å². The number of aromatic nitrogens is 3. The van der Waals surface area contributed by atoms with Crippen LogP contribution in [-0.4, -0.2) is 26.3 Å². The Morgan fingerprint density at radius 3 is 2.41 bits per heavy atom. The van der Waals surface area contributed by atoms with Crippen LogP contribution in [0.5, 0.6) is 0 Å². The van der Waals surface area contributed by atoms with E-state index < -0.39 is 0 Å². The maximum atomic E-state index is 12.6. The highest BCUT2D eigenvalue weighted by Crippen LogP contribution is 2.41. The molecule has 1 heterocycles. The van der Waals surface area contributed by atoms with E-state index in [4.69, 9.17) is 0 Å². The lowest BCUT2D eigenvalue weighted by molar-refractivity contribution is 0.102. The number of rotatable bonds is 7. The fourth-order valence-electron chi connectivity index (χ4n) is 3.07. The maximum Gasteiger partial charge on any atom is 0.196 e. The van der Waals surface area contributed by atoms with Gasteiger partial charge in [0.15, 0.2) is 10.9 Å². The second-order valence-electron chi connectivity index (χ2n) is 7.27. The van der Waals surface area contributed by atoms with Crippen LogP contribution in [-0.2, 0) is 0 Å². The molecule has 0 aliphatic heterocycles. The molecule has 0 spiro atoms. The highest BCUT2D eigenvalue weighted by Gasteiger charge is 2.31. The summed E-state index contributed by atoms with van der Waals surface area (Å²) in [7, 11) is 0. The van der Waals surface area contributed by atoms with Crippen LogP contribution in [0.3, 0.4) is 0 Å². The number of hydrogen-bond donors (Lipinski definition) is 0. The molecule has 1 aliphatic carbocycles. The molecular weight excluding hydrogens is 354 g/mol. The Balaban J connectivity index is 1.52. The first-order valence-corrected chi connectivity index (χ1v) is 10.4. The largest absolute Gasteiger partial charge is 0.293 e. The number of carbonyl (C=O) groups excluding carboxylic acids is 1. The van der Waals surface area contributed by atoms with Crippen molar-refractivity contribution in [3.8, 4) is 5.69 Å². The third kappa shape index (κ3) is 3.98. The minimum atomic E-state index is 0.117. The summed E-state index contributed by atoms with van der Waals surface area (Å²) in [5, 5.41) is 9.58. The van der Waals surface area contributed by atoms with Gasteiger partial charge in [-0.2, -0.15) is 0 Å². The lowest BCUT2D eigenvalue weighted by Crippen LogP contribution is -2.06. The molecule has 0 atom stereocenters. The Kier molecular flexibility index (Phi) is 5.12. The zero-order valence-corrected chi connectivity index (χ0v) is 16.4. The fourth-order valence-corrected chi connectivity index (χ4v) is 3.92. The predicted octanol–water partition coefficient (Wildman–Crippen LogP) is 5.24. The number of nitrogens with zero attached hydrogens (tertiary/aromatic N) is 3. The molecule has 0 saturated heterocycles. The van der Waals surface area contributed by atoms with Crippen molar-refractivity contribution in [2.45, 2.75) is 43.7 Å². The Morgan fingerprint density at radius 2 is 1.78 bits per heavy atom. The molecule has 2 aromatic carbocycles. The van der Waals surface area contributed by atoms with Crippen molar-refractivity contribution in [1.82, 2.24) is 14.8 Å². The van der Waals surface area contributed by atoms with Gasteiger partial charge in [0.1, 0.15) is 5.82 Å². The standard InChI is InChI=1S/C22H23N3OS/c1-15(2)16-8-10-17(11-9-16)20(26)14-27-22-24-23-21(18-12-13-18)25(22)19-6-4-3-5-7-19/h3-11,15,18H,12-14H2,1-2H3. The number of Topliss-reactive ketones (excluding diaryl/α,β-unsaturated/α-hetero) is 1. The smallest absolute Gasteiger partial charge is 0.196 e. The van der Waals surface area contributed by atoms with Crippen LogP contribution in [0.1, 0.15) is 60.3 Å². The van der Waals surface area contributed by atoms with E-state index in [-0.39, 0.29) is 5.78 Å². The molecule has 0 N–H and O–H groups in total. The van der Waals surface area contributed by atoms with Gasteiger partial charge in [-0.15, -0.1) is 10.2 Å². The van der Waals surface area contributed by atoms with Gasteiger partial charge in [-0.3, -0.25) is 9.36 Å². The summed E-state index contributed by atoms with van der Waals surface area (Å²) in [5.74, 6) is 2.44. The van der Waals surface area contributed by atoms with E-state index in [1.54, 1.807) is 0 Å². The molecule has 1 aliphatic rings. The van der Waals surface area contributed by atoms with Gasteiger partial charge in [0, 0.05) is 17.2 Å². The molecule has 3 aromatic rings. The van der Waals surface area contributed by atoms with E-state index in [0.29, 0.717) is 17.6 Å². The third-order valence-electron chi connectivity index (χ3n) is 4.85. The van der Waals surface area contributed by atoms with Crippen LogP contribution in [0.4, 0.5) is 0 Å². The summed E-state index contributed by atoms with van der Waals surface area (Å²) >= 11 is 1.46. The second kappa shape index (κ2) is 7.69. The molecule has 138 valence electrons. The highest BCUT2D eigenvalue weighted by molar-refractivity contribution is 7.99. The molecule has 0 radical (unpaired) electrons. The average molecular weight is 378 g/mol. The summed E-state index contributed by atoms with van der Waals surface area (Å²) in [6.07, 6.45) is 2.33. The number of thioether (sulfide) groups is 1. The average Bonchev–Trinajstić information content (AvgIpc) is 3.46. The Hall–Kier alpha value is -2.40. The number of ketones is 1. The molecule has 1 fully saturated rings. The number of carbonyl (C=O) groups is 1. The molecule has 1 saturated carbocycles. The van der Waals surface area contributed by atoms with Gasteiger partial charge < -0.3 is 0 Å². The molecule has 4 nitrogen and oxygen atoms in total. The molecule has 27 heavy (non-hydrogen) atoms. The molecule has 5 heteroatoms. The first-order valence-electron chi connectivity index (χ1n) is 9.40. The molecular formula is C22H23N3OS. The summed E-state index contributed by atoms with van der Waals surface area (Å²) in [5.41, 5.74) is 3.05. The van der Waals surface area contributed by atoms with E-state index in [9.17, 15) is 4.79 Å². The van der Waals surface area contributed by atoms with E-state index in [1.165, 1.54) is 17.3 Å². The SMILES string of the molecule is CC(C)c1ccc(C(=O)CSc2nnc(C3CC3)n2-c2ccccc2)cc1. The Morgan fingerprint density at radius 1 is 1.07 bits per heavy atom. The van der Waals surface area contributed by atoms with E-state index in [1.807, 2.05) is 42.5 Å². The highest BCUT2D eigenvalue weighted by atomic mass is 32.2. The Bertz CT molecular complexity index is 928. The molecule has 4 rings (SSSR count). The fraction of sp³-hybridized carbons (Fsp3) is 0.318. The lowest BCUT2D eigenvalue weighted by atomic mass is 10.0. The van der Waals surface area contributed by atoms with Crippen molar-refractivity contribution in [1.29, 1.82) is 0 Å². The molecule has 0 bridgehead atoms. The van der Waals surface area contributed by atoms with E-state index in [0.717, 1.165) is 35.1 Å². The van der Waals surface area contributed by atoms with Crippen molar-refractivity contribution in [2.24, 2.45) is 0 Å². The zero-order valence-electron chi connectivity index (χ0n) is 15.6. The van der Waals surface area contributed by atoms with Crippen LogP contribution in [0.15, 0.2) is 59.8 Å².